The average Bonchev–Trinajstić information content (AvgIpc) is 1.99. The molecule has 0 heterocycles. The summed E-state index contributed by atoms with van der Waals surface area (Å²) in [4.78, 5) is 0. The fourth-order valence-electron chi connectivity index (χ4n) is 1.43. The van der Waals surface area contributed by atoms with E-state index in [9.17, 15) is 13.5 Å². The van der Waals surface area contributed by atoms with E-state index in [1.54, 1.807) is 38.1 Å². The second-order valence-electron chi connectivity index (χ2n) is 3.90. The second-order valence-corrected chi connectivity index (χ2v) is 6.68. The van der Waals surface area contributed by atoms with Crippen LogP contribution in [0.1, 0.15) is 25.0 Å². The van der Waals surface area contributed by atoms with Crippen molar-refractivity contribution in [2.75, 3.05) is 0 Å². The van der Waals surface area contributed by atoms with Crippen molar-refractivity contribution < 1.29 is 13.5 Å². The molecule has 3 nitrogen and oxygen atoms in total. The van der Waals surface area contributed by atoms with Gasteiger partial charge in [0.15, 0.2) is 0 Å². The van der Waals surface area contributed by atoms with E-state index in [-0.39, 0.29) is 5.75 Å². The summed E-state index contributed by atoms with van der Waals surface area (Å²) in [5, 5.41) is 9.83. The maximum Gasteiger partial charge on any atom is 0.236 e. The zero-order chi connectivity index (χ0) is 11.7. The third-order valence-electron chi connectivity index (χ3n) is 2.00. The molecule has 1 N–H and O–H groups in total. The minimum absolute atomic E-state index is 0.269. The predicted molar refractivity (Wildman–Crippen MR) is 60.2 cm³/mol. The van der Waals surface area contributed by atoms with Crippen LogP contribution in [0.5, 0.6) is 0 Å². The Balaban J connectivity index is 3.19. The van der Waals surface area contributed by atoms with Gasteiger partial charge < -0.3 is 5.11 Å². The topological polar surface area (TPSA) is 54.4 Å². The van der Waals surface area contributed by atoms with Gasteiger partial charge >= 0.3 is 0 Å². The summed E-state index contributed by atoms with van der Waals surface area (Å²) < 4.78 is 21.9. The molecule has 0 aliphatic carbocycles. The van der Waals surface area contributed by atoms with E-state index in [1.807, 2.05) is 0 Å². The van der Waals surface area contributed by atoms with Gasteiger partial charge in [-0.3, -0.25) is 0 Å². The van der Waals surface area contributed by atoms with E-state index in [1.165, 1.54) is 0 Å². The molecule has 5 heteroatoms. The third-order valence-corrected chi connectivity index (χ3v) is 2.99. The molecule has 0 bridgehead atoms. The third kappa shape index (κ3) is 3.81. The molecule has 84 valence electrons. The van der Waals surface area contributed by atoms with Gasteiger partial charge in [-0.15, -0.1) is 0 Å². The van der Waals surface area contributed by atoms with Crippen LogP contribution in [-0.4, -0.2) is 13.5 Å². The van der Waals surface area contributed by atoms with Gasteiger partial charge in [-0.05, 0) is 25.0 Å². The quantitative estimate of drug-likeness (QED) is 0.833. The fraction of sp³-hybridized carbons (Fsp3) is 0.400. The Hall–Kier alpha value is -0.580. The Morgan fingerprint density at radius 2 is 1.87 bits per heavy atom. The van der Waals surface area contributed by atoms with Gasteiger partial charge in [0.25, 0.3) is 0 Å². The van der Waals surface area contributed by atoms with Crippen LogP contribution < -0.4 is 0 Å². The molecule has 0 saturated carbocycles. The van der Waals surface area contributed by atoms with Gasteiger partial charge in [-0.25, -0.2) is 8.42 Å². The van der Waals surface area contributed by atoms with Gasteiger partial charge in [-0.1, -0.05) is 24.3 Å². The lowest BCUT2D eigenvalue weighted by Gasteiger charge is -2.20. The molecule has 0 radical (unpaired) electrons. The lowest BCUT2D eigenvalue weighted by molar-refractivity contribution is 0.0778. The number of halogens is 1. The molecule has 0 atom stereocenters. The van der Waals surface area contributed by atoms with Gasteiger partial charge in [0.05, 0.1) is 11.4 Å². The lowest BCUT2D eigenvalue weighted by Crippen LogP contribution is -2.18. The van der Waals surface area contributed by atoms with E-state index in [0.29, 0.717) is 11.1 Å². The summed E-state index contributed by atoms with van der Waals surface area (Å²) in [5.74, 6) is -0.269. The molecule has 0 unspecified atom stereocenters. The summed E-state index contributed by atoms with van der Waals surface area (Å²) >= 11 is 0. The van der Waals surface area contributed by atoms with Crippen molar-refractivity contribution >= 4 is 19.7 Å². The van der Waals surface area contributed by atoms with Crippen LogP contribution in [0.3, 0.4) is 0 Å². The molecule has 1 aromatic carbocycles. The Morgan fingerprint density at radius 3 is 2.33 bits per heavy atom. The van der Waals surface area contributed by atoms with Crippen molar-refractivity contribution in [3.05, 3.63) is 35.4 Å². The Morgan fingerprint density at radius 1 is 1.33 bits per heavy atom. The Bertz CT molecular complexity index is 446. The zero-order valence-electron chi connectivity index (χ0n) is 8.57. The minimum Gasteiger partial charge on any atom is -0.386 e. The van der Waals surface area contributed by atoms with E-state index in [4.69, 9.17) is 10.7 Å². The van der Waals surface area contributed by atoms with Crippen LogP contribution in [0, 0.1) is 0 Å². The highest BCUT2D eigenvalue weighted by atomic mass is 35.7. The summed E-state index contributed by atoms with van der Waals surface area (Å²) in [6.07, 6.45) is 0. The van der Waals surface area contributed by atoms with Crippen molar-refractivity contribution in [2.45, 2.75) is 25.2 Å². The van der Waals surface area contributed by atoms with Crippen LogP contribution in [0.25, 0.3) is 0 Å². The SMILES string of the molecule is CC(C)(O)c1ccccc1CS(=O)(=O)Cl. The first-order valence-corrected chi connectivity index (χ1v) is 6.91. The van der Waals surface area contributed by atoms with E-state index < -0.39 is 14.7 Å². The fourth-order valence-corrected chi connectivity index (χ4v) is 2.40. The highest BCUT2D eigenvalue weighted by Crippen LogP contribution is 2.25. The smallest absolute Gasteiger partial charge is 0.236 e. The number of rotatable bonds is 3. The van der Waals surface area contributed by atoms with Crippen molar-refractivity contribution in [1.29, 1.82) is 0 Å². The maximum atomic E-state index is 11.0. The number of hydrogen-bond acceptors (Lipinski definition) is 3. The van der Waals surface area contributed by atoms with Crippen LogP contribution in [0.15, 0.2) is 24.3 Å². The number of benzene rings is 1. The Labute approximate surface area is 94.1 Å². The molecular formula is C10H13ClO3S. The zero-order valence-corrected chi connectivity index (χ0v) is 10.1. The lowest BCUT2D eigenvalue weighted by atomic mass is 9.94. The van der Waals surface area contributed by atoms with Crippen LogP contribution in [-0.2, 0) is 20.4 Å². The summed E-state index contributed by atoms with van der Waals surface area (Å²) in [6, 6.07) is 6.80. The van der Waals surface area contributed by atoms with Crippen molar-refractivity contribution in [2.24, 2.45) is 0 Å². The largest absolute Gasteiger partial charge is 0.386 e. The van der Waals surface area contributed by atoms with E-state index in [0.717, 1.165) is 0 Å². The van der Waals surface area contributed by atoms with Gasteiger partial charge in [0.1, 0.15) is 0 Å². The molecule has 0 saturated heterocycles. The van der Waals surface area contributed by atoms with Crippen molar-refractivity contribution in [1.82, 2.24) is 0 Å². The second kappa shape index (κ2) is 4.12. The highest BCUT2D eigenvalue weighted by Gasteiger charge is 2.21. The van der Waals surface area contributed by atoms with Crippen molar-refractivity contribution in [3.8, 4) is 0 Å². The average molecular weight is 249 g/mol. The first-order chi connectivity index (χ1) is 6.70. The minimum atomic E-state index is -3.60. The first kappa shape index (κ1) is 12.5. The Kier molecular flexibility index (Phi) is 3.43. The summed E-state index contributed by atoms with van der Waals surface area (Å²) in [5.41, 5.74) is 0.0345. The predicted octanol–water partition coefficient (Wildman–Crippen LogP) is 1.98. The molecule has 0 fully saturated rings. The molecule has 15 heavy (non-hydrogen) atoms. The normalized spacial score (nSPS) is 12.8. The molecule has 0 spiro atoms. The summed E-state index contributed by atoms with van der Waals surface area (Å²) in [7, 11) is 1.58. The van der Waals surface area contributed by atoms with Gasteiger partial charge in [0.2, 0.25) is 9.05 Å². The number of hydrogen-bond donors (Lipinski definition) is 1. The summed E-state index contributed by atoms with van der Waals surface area (Å²) in [6.45, 7) is 3.21. The molecule has 0 amide bonds. The van der Waals surface area contributed by atoms with Crippen LogP contribution in [0.4, 0.5) is 0 Å². The molecular weight excluding hydrogens is 236 g/mol. The monoisotopic (exact) mass is 248 g/mol. The molecule has 0 aliphatic rings. The number of aliphatic hydroxyl groups is 1. The van der Waals surface area contributed by atoms with E-state index in [2.05, 4.69) is 0 Å². The van der Waals surface area contributed by atoms with Crippen molar-refractivity contribution in [3.63, 3.8) is 0 Å². The van der Waals surface area contributed by atoms with E-state index >= 15 is 0 Å². The first-order valence-electron chi connectivity index (χ1n) is 4.43. The highest BCUT2D eigenvalue weighted by molar-refractivity contribution is 8.13. The maximum absolute atomic E-state index is 11.0. The van der Waals surface area contributed by atoms with Gasteiger partial charge in [-0.2, -0.15) is 0 Å². The molecule has 0 aromatic heterocycles. The van der Waals surface area contributed by atoms with Crippen LogP contribution in [0.2, 0.25) is 0 Å². The molecule has 1 aromatic rings. The van der Waals surface area contributed by atoms with Gasteiger partial charge in [0, 0.05) is 10.7 Å². The standard InChI is InChI=1S/C10H13ClO3S/c1-10(2,12)9-6-4-3-5-8(9)7-15(11,13)14/h3-6,12H,7H2,1-2H3. The molecule has 0 aliphatic heterocycles. The van der Waals surface area contributed by atoms with Crippen LogP contribution >= 0.6 is 10.7 Å². The molecule has 1 rings (SSSR count).